The van der Waals surface area contributed by atoms with Crippen molar-refractivity contribution in [1.29, 1.82) is 0 Å². The highest BCUT2D eigenvalue weighted by molar-refractivity contribution is 6.20. The normalized spacial score (nSPS) is 29.7. The Morgan fingerprint density at radius 1 is 1.09 bits per heavy atom. The van der Waals surface area contributed by atoms with Gasteiger partial charge in [0.1, 0.15) is 6.10 Å². The minimum absolute atomic E-state index is 0.0867. The summed E-state index contributed by atoms with van der Waals surface area (Å²) in [6.45, 7) is 5.63. The van der Waals surface area contributed by atoms with Gasteiger partial charge >= 0.3 is 12.1 Å². The van der Waals surface area contributed by atoms with E-state index in [2.05, 4.69) is 15.8 Å². The molecule has 4 aliphatic rings. The van der Waals surface area contributed by atoms with Crippen LogP contribution >= 0.6 is 0 Å². The first kappa shape index (κ1) is 21.8. The first-order chi connectivity index (χ1) is 16.6. The van der Waals surface area contributed by atoms with Crippen LogP contribution in [0.4, 0.5) is 25.5 Å². The molecule has 1 spiro atoms. The van der Waals surface area contributed by atoms with E-state index in [1.807, 2.05) is 0 Å². The molecule has 2 N–H and O–H groups in total. The number of carbonyl (C=O) groups excluding carboxylic acids is 4. The Morgan fingerprint density at radius 2 is 1.80 bits per heavy atom. The third-order valence-corrected chi connectivity index (χ3v) is 7.16. The van der Waals surface area contributed by atoms with Crippen LogP contribution in [0.2, 0.25) is 0 Å². The average Bonchev–Trinajstić information content (AvgIpc) is 3.33. The largest absolute Gasteiger partial charge is 0.444 e. The van der Waals surface area contributed by atoms with Crippen molar-refractivity contribution in [2.75, 3.05) is 22.9 Å². The summed E-state index contributed by atoms with van der Waals surface area (Å²) >= 11 is 0. The van der Waals surface area contributed by atoms with Crippen LogP contribution in [0.1, 0.15) is 26.3 Å². The van der Waals surface area contributed by atoms with Gasteiger partial charge in [0.2, 0.25) is 17.4 Å². The highest BCUT2D eigenvalue weighted by Gasteiger charge is 2.63. The predicted octanol–water partition coefficient (Wildman–Crippen LogP) is 1.20. The molecule has 0 bridgehead atoms. The van der Waals surface area contributed by atoms with Crippen molar-refractivity contribution in [3.63, 3.8) is 0 Å². The molecule has 0 aliphatic carbocycles. The molecule has 2 aromatic rings. The fraction of sp³-hybridized carbons (Fsp3) is 0.500. The van der Waals surface area contributed by atoms with Gasteiger partial charge < -0.3 is 18.9 Å². The monoisotopic (exact) mass is 487 g/mol. The number of nitrogens with one attached hydrogen (secondary N) is 2. The highest BCUT2D eigenvalue weighted by atomic mass is 19.1. The van der Waals surface area contributed by atoms with E-state index >= 15 is 4.39 Å². The molecule has 3 saturated heterocycles. The van der Waals surface area contributed by atoms with Gasteiger partial charge in [0.25, 0.3) is 0 Å². The van der Waals surface area contributed by atoms with Crippen molar-refractivity contribution in [3.8, 4) is 0 Å². The maximum Gasteiger partial charge on any atom is 0.416 e. The topological polar surface area (TPSA) is 143 Å². The number of anilines is 2. The minimum Gasteiger partial charge on any atom is -0.444 e. The minimum atomic E-state index is -1.75. The first-order valence-corrected chi connectivity index (χ1v) is 11.3. The molecule has 0 radical (unpaired) electrons. The summed E-state index contributed by atoms with van der Waals surface area (Å²) < 4.78 is 32.5. The lowest BCUT2D eigenvalue weighted by molar-refractivity contribution is -0.153. The molecular formula is C22H22FN5O7. The van der Waals surface area contributed by atoms with Crippen molar-refractivity contribution in [3.05, 3.63) is 17.4 Å². The number of fused-ring (bicyclic) bond motifs is 5. The second-order valence-electron chi connectivity index (χ2n) is 9.52. The lowest BCUT2D eigenvalue weighted by atomic mass is 9.66. The Labute approximate surface area is 197 Å². The van der Waals surface area contributed by atoms with Crippen molar-refractivity contribution in [2.24, 2.45) is 5.41 Å². The van der Waals surface area contributed by atoms with Gasteiger partial charge in [-0.15, -0.1) is 0 Å². The van der Waals surface area contributed by atoms with Gasteiger partial charge in [-0.25, -0.2) is 14.0 Å². The number of morpholine rings is 1. The standard InChI is InChI=1S/C22H22FN5O7/c1-8-6-27-14-11(5-22(16(27)10(3)33-8)18(29)24-20(31)25-19(22)30)4-12-15(13(14)23)35-26-17(12)28-7-9(2)34-21(28)32/h4,8-10,16H,5-7H2,1-3H3,(H2,24,25,29,30,31)/t8-,9+,10+,16-/m0/s1. The molecular weight excluding hydrogens is 465 g/mol. The summed E-state index contributed by atoms with van der Waals surface area (Å²) in [7, 11) is 0. The van der Waals surface area contributed by atoms with Gasteiger partial charge in [0.05, 0.1) is 35.9 Å². The number of carbonyl (C=O) groups is 4. The molecule has 3 fully saturated rings. The third kappa shape index (κ3) is 2.84. The zero-order valence-electron chi connectivity index (χ0n) is 19.1. The second kappa shape index (κ2) is 7.13. The van der Waals surface area contributed by atoms with Crippen molar-refractivity contribution < 1.29 is 37.6 Å². The van der Waals surface area contributed by atoms with Gasteiger partial charge in [-0.1, -0.05) is 5.16 Å². The molecule has 0 saturated carbocycles. The van der Waals surface area contributed by atoms with Gasteiger partial charge in [0, 0.05) is 13.0 Å². The second-order valence-corrected chi connectivity index (χ2v) is 9.52. The van der Waals surface area contributed by atoms with Gasteiger partial charge in [-0.2, -0.15) is 0 Å². The van der Waals surface area contributed by atoms with E-state index in [0.29, 0.717) is 5.56 Å². The number of halogens is 1. The number of urea groups is 1. The number of rotatable bonds is 1. The van der Waals surface area contributed by atoms with Crippen LogP contribution in [-0.4, -0.2) is 66.5 Å². The molecule has 0 unspecified atom stereocenters. The molecule has 13 heteroatoms. The lowest BCUT2D eigenvalue weighted by Gasteiger charge is -2.55. The van der Waals surface area contributed by atoms with Crippen molar-refractivity contribution in [2.45, 2.75) is 51.5 Å². The predicted molar refractivity (Wildman–Crippen MR) is 116 cm³/mol. The maximum atomic E-state index is 16.1. The van der Waals surface area contributed by atoms with Crippen LogP contribution in [0.3, 0.4) is 0 Å². The number of barbiturate groups is 1. The van der Waals surface area contributed by atoms with E-state index in [9.17, 15) is 19.2 Å². The van der Waals surface area contributed by atoms with E-state index in [4.69, 9.17) is 14.0 Å². The number of amides is 5. The van der Waals surface area contributed by atoms with E-state index < -0.39 is 47.3 Å². The SMILES string of the molecule is C[C@@H]1CN(c2noc3c(F)c4c(cc23)CC2(C(=O)NC(=O)NC2=O)[C@@H]2[C@@H](C)O[C@@H](C)CN42)C(=O)O1. The summed E-state index contributed by atoms with van der Waals surface area (Å²) in [4.78, 5) is 53.6. The van der Waals surface area contributed by atoms with E-state index in [-0.39, 0.29) is 54.2 Å². The smallest absolute Gasteiger partial charge is 0.416 e. The van der Waals surface area contributed by atoms with E-state index in [1.165, 1.54) is 4.90 Å². The summed E-state index contributed by atoms with van der Waals surface area (Å²) in [6.07, 6.45) is -2.19. The molecule has 1 aromatic carbocycles. The maximum absolute atomic E-state index is 16.1. The molecule has 5 heterocycles. The number of ether oxygens (including phenoxy) is 2. The van der Waals surface area contributed by atoms with Crippen molar-refractivity contribution in [1.82, 2.24) is 15.8 Å². The van der Waals surface area contributed by atoms with Crippen molar-refractivity contribution >= 4 is 46.4 Å². The molecule has 35 heavy (non-hydrogen) atoms. The van der Waals surface area contributed by atoms with Crippen LogP contribution in [0.5, 0.6) is 0 Å². The Bertz CT molecular complexity index is 1300. The summed E-state index contributed by atoms with van der Waals surface area (Å²) in [6, 6.07) is -0.219. The molecule has 5 amide bonds. The van der Waals surface area contributed by atoms with E-state index in [1.54, 1.807) is 31.7 Å². The number of hydrogen-bond donors (Lipinski definition) is 2. The lowest BCUT2D eigenvalue weighted by Crippen LogP contribution is -2.75. The molecule has 184 valence electrons. The number of benzene rings is 1. The molecule has 6 rings (SSSR count). The molecule has 4 aliphatic heterocycles. The fourth-order valence-corrected chi connectivity index (χ4v) is 5.91. The Hall–Kier alpha value is -3.74. The number of aromatic nitrogens is 1. The third-order valence-electron chi connectivity index (χ3n) is 7.16. The number of cyclic esters (lactones) is 1. The number of imide groups is 2. The average molecular weight is 487 g/mol. The quantitative estimate of drug-likeness (QED) is 0.567. The Balaban J connectivity index is 1.57. The fourth-order valence-electron chi connectivity index (χ4n) is 5.91. The van der Waals surface area contributed by atoms with Crippen LogP contribution in [0.25, 0.3) is 11.0 Å². The van der Waals surface area contributed by atoms with Crippen LogP contribution in [-0.2, 0) is 25.5 Å². The zero-order valence-corrected chi connectivity index (χ0v) is 19.1. The molecule has 1 aromatic heterocycles. The highest BCUT2D eigenvalue weighted by Crippen LogP contribution is 2.49. The van der Waals surface area contributed by atoms with Gasteiger partial charge in [-0.3, -0.25) is 25.1 Å². The zero-order chi connectivity index (χ0) is 24.8. The van der Waals surface area contributed by atoms with E-state index in [0.717, 1.165) is 0 Å². The number of hydrogen-bond acceptors (Lipinski definition) is 9. The van der Waals surface area contributed by atoms with Crippen LogP contribution in [0.15, 0.2) is 10.6 Å². The van der Waals surface area contributed by atoms with Crippen LogP contribution < -0.4 is 20.4 Å². The summed E-state index contributed by atoms with van der Waals surface area (Å²) in [5.74, 6) is -2.19. The van der Waals surface area contributed by atoms with Gasteiger partial charge in [-0.05, 0) is 32.4 Å². The summed E-state index contributed by atoms with van der Waals surface area (Å²) in [5.41, 5.74) is -1.38. The summed E-state index contributed by atoms with van der Waals surface area (Å²) in [5, 5.41) is 8.53. The van der Waals surface area contributed by atoms with Gasteiger partial charge in [0.15, 0.2) is 17.1 Å². The Morgan fingerprint density at radius 3 is 2.46 bits per heavy atom. The molecule has 4 atom stereocenters. The number of nitrogens with zero attached hydrogens (tertiary/aromatic N) is 3. The molecule has 12 nitrogen and oxygen atoms in total. The van der Waals surface area contributed by atoms with Crippen LogP contribution in [0, 0.1) is 11.2 Å². The first-order valence-electron chi connectivity index (χ1n) is 11.3. The Kier molecular flexibility index (Phi) is 4.44.